The van der Waals surface area contributed by atoms with Crippen LogP contribution in [0.2, 0.25) is 5.02 Å². The van der Waals surface area contributed by atoms with E-state index in [9.17, 15) is 14.4 Å². The number of nitrogens with zero attached hydrogens (tertiary/aromatic N) is 2. The summed E-state index contributed by atoms with van der Waals surface area (Å²) in [5, 5.41) is 22.2. The zero-order valence-electron chi connectivity index (χ0n) is 14.8. The van der Waals surface area contributed by atoms with E-state index in [1.54, 1.807) is 36.4 Å². The van der Waals surface area contributed by atoms with Gasteiger partial charge < -0.3 is 15.7 Å². The van der Waals surface area contributed by atoms with Crippen LogP contribution in [0.4, 0.5) is 5.69 Å². The molecule has 0 spiro atoms. The molecule has 10 heteroatoms. The van der Waals surface area contributed by atoms with Crippen molar-refractivity contribution in [3.8, 4) is 0 Å². The van der Waals surface area contributed by atoms with Gasteiger partial charge in [0.2, 0.25) is 11.8 Å². The number of amides is 2. The number of thioether (sulfide) groups is 1. The van der Waals surface area contributed by atoms with Gasteiger partial charge in [0.25, 0.3) is 0 Å². The fraction of sp³-hybridized carbons (Fsp3) is 0.105. The minimum absolute atomic E-state index is 0.0154. The molecular weight excluding hydrogens is 416 g/mol. The van der Waals surface area contributed by atoms with Crippen molar-refractivity contribution in [2.75, 3.05) is 5.32 Å². The molecule has 1 fully saturated rings. The van der Waals surface area contributed by atoms with Gasteiger partial charge in [-0.25, -0.2) is 4.79 Å². The number of hydrogen-bond donors (Lipinski definition) is 3. The molecule has 0 saturated carbocycles. The second kappa shape index (κ2) is 9.35. The highest BCUT2D eigenvalue weighted by Gasteiger charge is 2.32. The summed E-state index contributed by atoms with van der Waals surface area (Å²) < 4.78 is 0. The van der Waals surface area contributed by atoms with Crippen LogP contribution in [0.1, 0.15) is 22.3 Å². The van der Waals surface area contributed by atoms with Crippen LogP contribution in [0.5, 0.6) is 0 Å². The summed E-state index contributed by atoms with van der Waals surface area (Å²) in [5.41, 5.74) is 1.43. The maximum Gasteiger partial charge on any atom is 0.335 e. The maximum absolute atomic E-state index is 12.1. The Morgan fingerprint density at radius 1 is 1.17 bits per heavy atom. The zero-order valence-corrected chi connectivity index (χ0v) is 16.4. The summed E-state index contributed by atoms with van der Waals surface area (Å²) in [7, 11) is 0. The second-order valence-electron chi connectivity index (χ2n) is 5.93. The molecule has 2 aromatic carbocycles. The van der Waals surface area contributed by atoms with Gasteiger partial charge in [-0.05, 0) is 42.0 Å². The first-order valence-corrected chi connectivity index (χ1v) is 9.64. The van der Waals surface area contributed by atoms with E-state index >= 15 is 0 Å². The van der Waals surface area contributed by atoms with Crippen LogP contribution < -0.4 is 10.6 Å². The van der Waals surface area contributed by atoms with Gasteiger partial charge in [-0.3, -0.25) is 9.59 Å². The Hall–Kier alpha value is -3.17. The van der Waals surface area contributed by atoms with Gasteiger partial charge in [-0.15, -0.1) is 5.10 Å². The van der Waals surface area contributed by atoms with Crippen molar-refractivity contribution >= 4 is 58.2 Å². The average Bonchev–Trinajstić information content (AvgIpc) is 3.03. The number of carboxylic acid groups (broad SMARTS) is 1. The molecule has 0 aliphatic carbocycles. The molecule has 1 saturated heterocycles. The smallest absolute Gasteiger partial charge is 0.335 e. The highest BCUT2D eigenvalue weighted by Crippen LogP contribution is 2.23. The van der Waals surface area contributed by atoms with Crippen molar-refractivity contribution in [3.05, 3.63) is 64.7 Å². The molecule has 148 valence electrons. The lowest BCUT2D eigenvalue weighted by atomic mass is 10.1. The number of nitrogens with one attached hydrogen (secondary N) is 2. The minimum Gasteiger partial charge on any atom is -0.478 e. The first kappa shape index (κ1) is 20.6. The summed E-state index contributed by atoms with van der Waals surface area (Å²) in [6.07, 6.45) is 1.42. The Morgan fingerprint density at radius 2 is 1.86 bits per heavy atom. The molecule has 1 atom stereocenters. The van der Waals surface area contributed by atoms with Crippen LogP contribution in [-0.4, -0.2) is 39.5 Å². The predicted octanol–water partition coefficient (Wildman–Crippen LogP) is 2.99. The minimum atomic E-state index is -1.01. The van der Waals surface area contributed by atoms with E-state index in [1.165, 1.54) is 18.3 Å². The largest absolute Gasteiger partial charge is 0.478 e. The van der Waals surface area contributed by atoms with E-state index < -0.39 is 11.2 Å². The molecule has 0 aromatic heterocycles. The van der Waals surface area contributed by atoms with Crippen molar-refractivity contribution in [1.29, 1.82) is 0 Å². The summed E-state index contributed by atoms with van der Waals surface area (Å²) >= 11 is 6.92. The molecule has 1 unspecified atom stereocenters. The molecule has 1 aliphatic rings. The Labute approximate surface area is 175 Å². The lowest BCUT2D eigenvalue weighted by molar-refractivity contribution is -0.122. The summed E-state index contributed by atoms with van der Waals surface area (Å²) in [4.78, 5) is 35.0. The summed E-state index contributed by atoms with van der Waals surface area (Å²) in [6, 6.07) is 12.8. The normalized spacial score (nSPS) is 17.5. The van der Waals surface area contributed by atoms with Crippen LogP contribution in [0.25, 0.3) is 0 Å². The van der Waals surface area contributed by atoms with Crippen molar-refractivity contribution in [2.24, 2.45) is 10.2 Å². The van der Waals surface area contributed by atoms with Crippen molar-refractivity contribution in [2.45, 2.75) is 11.7 Å². The van der Waals surface area contributed by atoms with E-state index in [1.807, 2.05) is 0 Å². The lowest BCUT2D eigenvalue weighted by Crippen LogP contribution is -2.28. The third-order valence-corrected chi connectivity index (χ3v) is 5.11. The Kier molecular flexibility index (Phi) is 6.63. The highest BCUT2D eigenvalue weighted by molar-refractivity contribution is 8.15. The molecule has 1 aliphatic heterocycles. The van der Waals surface area contributed by atoms with Crippen LogP contribution in [0.15, 0.2) is 58.7 Å². The third-order valence-electron chi connectivity index (χ3n) is 3.79. The number of hydrogen-bond acceptors (Lipinski definition) is 6. The maximum atomic E-state index is 12.1. The number of anilines is 1. The lowest BCUT2D eigenvalue weighted by Gasteiger charge is -2.07. The molecule has 1 heterocycles. The Bertz CT molecular complexity index is 990. The van der Waals surface area contributed by atoms with E-state index in [2.05, 4.69) is 20.8 Å². The molecule has 3 N–H and O–H groups in total. The van der Waals surface area contributed by atoms with Crippen LogP contribution >= 0.6 is 23.4 Å². The van der Waals surface area contributed by atoms with Gasteiger partial charge >= 0.3 is 5.97 Å². The van der Waals surface area contributed by atoms with Gasteiger partial charge in [0.15, 0.2) is 5.17 Å². The average molecular weight is 431 g/mol. The van der Waals surface area contributed by atoms with E-state index in [0.717, 1.165) is 11.8 Å². The third kappa shape index (κ3) is 5.90. The highest BCUT2D eigenvalue weighted by atomic mass is 35.5. The summed E-state index contributed by atoms with van der Waals surface area (Å²) in [6.45, 7) is 0. The zero-order chi connectivity index (χ0) is 20.8. The first-order chi connectivity index (χ1) is 13.9. The Morgan fingerprint density at radius 3 is 2.52 bits per heavy atom. The number of halogens is 1. The molecule has 8 nitrogen and oxygen atoms in total. The van der Waals surface area contributed by atoms with Gasteiger partial charge in [0, 0.05) is 17.1 Å². The van der Waals surface area contributed by atoms with Crippen LogP contribution in [-0.2, 0) is 9.59 Å². The van der Waals surface area contributed by atoms with E-state index in [0.29, 0.717) is 16.3 Å². The SMILES string of the molecule is O=C(CC1S/C(=N/N=C/c2ccc(C(=O)O)cc2)NC1=O)Nc1ccc(Cl)cc1. The van der Waals surface area contributed by atoms with Crippen LogP contribution in [0, 0.1) is 0 Å². The number of carboxylic acids is 1. The number of amidine groups is 1. The second-order valence-corrected chi connectivity index (χ2v) is 7.56. The van der Waals surface area contributed by atoms with Crippen LogP contribution in [0.3, 0.4) is 0 Å². The standard InChI is InChI=1S/C19H15ClN4O4S/c20-13-5-7-14(8-6-13)22-16(25)9-15-17(26)23-19(29-15)24-21-10-11-1-3-12(4-2-11)18(27)28/h1-8,10,15H,9H2,(H,22,25)(H,27,28)(H,23,24,26)/b21-10+. The number of benzene rings is 2. The van der Waals surface area contributed by atoms with Gasteiger partial charge in [0.05, 0.1) is 11.8 Å². The number of aromatic carboxylic acids is 1. The number of carbonyl (C=O) groups is 3. The number of rotatable bonds is 6. The Balaban J connectivity index is 1.54. The number of carbonyl (C=O) groups excluding carboxylic acids is 2. The fourth-order valence-corrected chi connectivity index (χ4v) is 3.41. The van der Waals surface area contributed by atoms with E-state index in [-0.39, 0.29) is 29.0 Å². The van der Waals surface area contributed by atoms with Gasteiger partial charge in [-0.2, -0.15) is 5.10 Å². The molecule has 0 radical (unpaired) electrons. The van der Waals surface area contributed by atoms with Gasteiger partial charge in [-0.1, -0.05) is 35.5 Å². The van der Waals surface area contributed by atoms with E-state index in [4.69, 9.17) is 16.7 Å². The molecule has 2 amide bonds. The molecular formula is C19H15ClN4O4S. The fourth-order valence-electron chi connectivity index (χ4n) is 2.36. The molecule has 3 rings (SSSR count). The molecule has 2 aromatic rings. The predicted molar refractivity (Wildman–Crippen MR) is 113 cm³/mol. The topological polar surface area (TPSA) is 120 Å². The summed E-state index contributed by atoms with van der Waals surface area (Å²) in [5.74, 6) is -1.63. The quantitative estimate of drug-likeness (QED) is 0.480. The first-order valence-electron chi connectivity index (χ1n) is 8.38. The molecule has 29 heavy (non-hydrogen) atoms. The van der Waals surface area contributed by atoms with Gasteiger partial charge in [0.1, 0.15) is 5.25 Å². The van der Waals surface area contributed by atoms with Crippen molar-refractivity contribution in [1.82, 2.24) is 5.32 Å². The molecule has 0 bridgehead atoms. The monoisotopic (exact) mass is 430 g/mol. The van der Waals surface area contributed by atoms with Crippen molar-refractivity contribution in [3.63, 3.8) is 0 Å². The van der Waals surface area contributed by atoms with Crippen molar-refractivity contribution < 1.29 is 19.5 Å².